The second-order valence-electron chi connectivity index (χ2n) is 5.52. The summed E-state index contributed by atoms with van der Waals surface area (Å²) < 4.78 is 19.4. The van der Waals surface area contributed by atoms with Gasteiger partial charge in [0.1, 0.15) is 5.82 Å². The molecule has 4 heteroatoms. The van der Waals surface area contributed by atoms with Gasteiger partial charge in [-0.25, -0.2) is 4.39 Å². The van der Waals surface area contributed by atoms with Gasteiger partial charge in [-0.3, -0.25) is 0 Å². The van der Waals surface area contributed by atoms with Crippen LogP contribution in [0.4, 0.5) is 4.39 Å². The van der Waals surface area contributed by atoms with Crippen LogP contribution in [0.15, 0.2) is 18.2 Å². The van der Waals surface area contributed by atoms with Crippen LogP contribution < -0.4 is 5.32 Å². The Labute approximate surface area is 114 Å². The number of hydrogen-bond donors (Lipinski definition) is 1. The first-order valence-electron chi connectivity index (χ1n) is 6.83. The minimum atomic E-state index is -0.122. The lowest BCUT2D eigenvalue weighted by Crippen LogP contribution is -2.34. The normalized spacial score (nSPS) is 23.2. The molecule has 19 heavy (non-hydrogen) atoms. The second kappa shape index (κ2) is 6.46. The van der Waals surface area contributed by atoms with Crippen LogP contribution >= 0.6 is 0 Å². The van der Waals surface area contributed by atoms with E-state index < -0.39 is 0 Å². The zero-order chi connectivity index (χ0) is 13.8. The predicted octanol–water partition coefficient (Wildman–Crippen LogP) is 2.15. The lowest BCUT2D eigenvalue weighted by atomic mass is 10.1. The molecule has 3 nitrogen and oxygen atoms in total. The standard InChI is InChI=1S/C15H23FN2O/c1-11-15(6-7-19-11)17-9-12-4-5-13(10-18(2)3)14(16)8-12/h4-5,8,11,15,17H,6-7,9-10H2,1-3H3. The third kappa shape index (κ3) is 4.00. The van der Waals surface area contributed by atoms with Crippen molar-refractivity contribution in [3.63, 3.8) is 0 Å². The molecule has 0 spiro atoms. The summed E-state index contributed by atoms with van der Waals surface area (Å²) in [5.74, 6) is -0.122. The fraction of sp³-hybridized carbons (Fsp3) is 0.600. The molecule has 1 aliphatic heterocycles. The van der Waals surface area contributed by atoms with Gasteiger partial charge in [-0.1, -0.05) is 12.1 Å². The summed E-state index contributed by atoms with van der Waals surface area (Å²) >= 11 is 0. The quantitative estimate of drug-likeness (QED) is 0.884. The summed E-state index contributed by atoms with van der Waals surface area (Å²) in [5, 5.41) is 3.43. The molecule has 0 bridgehead atoms. The maximum Gasteiger partial charge on any atom is 0.128 e. The SMILES string of the molecule is CC1OCCC1NCc1ccc(CN(C)C)c(F)c1. The Morgan fingerprint density at radius 3 is 2.79 bits per heavy atom. The molecule has 106 valence electrons. The van der Waals surface area contributed by atoms with Gasteiger partial charge >= 0.3 is 0 Å². The first-order chi connectivity index (χ1) is 9.06. The van der Waals surface area contributed by atoms with Gasteiger partial charge in [0, 0.05) is 31.3 Å². The van der Waals surface area contributed by atoms with Crippen LogP contribution in [0.2, 0.25) is 0 Å². The van der Waals surface area contributed by atoms with Crippen LogP contribution in [0.25, 0.3) is 0 Å². The van der Waals surface area contributed by atoms with Gasteiger partial charge in [-0.2, -0.15) is 0 Å². The highest BCUT2D eigenvalue weighted by Gasteiger charge is 2.23. The zero-order valence-electron chi connectivity index (χ0n) is 11.9. The summed E-state index contributed by atoms with van der Waals surface area (Å²) in [6.45, 7) is 4.21. The molecule has 1 fully saturated rings. The Kier molecular flexibility index (Phi) is 4.91. The predicted molar refractivity (Wildman–Crippen MR) is 74.4 cm³/mol. The van der Waals surface area contributed by atoms with Crippen molar-refractivity contribution in [2.45, 2.75) is 38.6 Å². The van der Waals surface area contributed by atoms with Crippen LogP contribution in [0.1, 0.15) is 24.5 Å². The van der Waals surface area contributed by atoms with E-state index in [9.17, 15) is 4.39 Å². The molecule has 1 aromatic carbocycles. The third-order valence-electron chi connectivity index (χ3n) is 3.55. The van der Waals surface area contributed by atoms with Crippen LogP contribution in [0.5, 0.6) is 0 Å². The highest BCUT2D eigenvalue weighted by atomic mass is 19.1. The first kappa shape index (κ1) is 14.4. The molecule has 0 saturated carbocycles. The number of rotatable bonds is 5. The highest BCUT2D eigenvalue weighted by molar-refractivity contribution is 5.24. The number of nitrogens with one attached hydrogen (secondary N) is 1. The summed E-state index contributed by atoms with van der Waals surface area (Å²) in [5.41, 5.74) is 1.73. The minimum absolute atomic E-state index is 0.122. The van der Waals surface area contributed by atoms with E-state index >= 15 is 0 Å². The summed E-state index contributed by atoms with van der Waals surface area (Å²) in [7, 11) is 3.88. The summed E-state index contributed by atoms with van der Waals surface area (Å²) in [4.78, 5) is 1.97. The molecule has 1 aromatic rings. The Balaban J connectivity index is 1.92. The smallest absolute Gasteiger partial charge is 0.128 e. The largest absolute Gasteiger partial charge is 0.377 e. The average Bonchev–Trinajstić information content (AvgIpc) is 2.75. The van der Waals surface area contributed by atoms with Crippen molar-refractivity contribution in [2.24, 2.45) is 0 Å². The molecule has 2 atom stereocenters. The van der Waals surface area contributed by atoms with Gasteiger partial charge in [-0.05, 0) is 39.1 Å². The molecule has 2 unspecified atom stereocenters. The molecule has 0 aromatic heterocycles. The van der Waals surface area contributed by atoms with Crippen molar-refractivity contribution in [2.75, 3.05) is 20.7 Å². The van der Waals surface area contributed by atoms with Crippen LogP contribution in [-0.2, 0) is 17.8 Å². The molecule has 0 aliphatic carbocycles. The van der Waals surface area contributed by atoms with Gasteiger partial charge in [0.25, 0.3) is 0 Å². The molecule has 1 aliphatic rings. The van der Waals surface area contributed by atoms with E-state index in [-0.39, 0.29) is 11.9 Å². The summed E-state index contributed by atoms with van der Waals surface area (Å²) in [6.07, 6.45) is 1.28. The van der Waals surface area contributed by atoms with Crippen LogP contribution in [0.3, 0.4) is 0 Å². The van der Waals surface area contributed by atoms with E-state index in [1.54, 1.807) is 6.07 Å². The number of ether oxygens (including phenoxy) is 1. The Morgan fingerprint density at radius 2 is 2.21 bits per heavy atom. The fourth-order valence-corrected chi connectivity index (χ4v) is 2.42. The van der Waals surface area contributed by atoms with Crippen molar-refractivity contribution >= 4 is 0 Å². The molecule has 0 radical (unpaired) electrons. The Hall–Kier alpha value is -0.970. The fourth-order valence-electron chi connectivity index (χ4n) is 2.42. The second-order valence-corrected chi connectivity index (χ2v) is 5.52. The van der Waals surface area contributed by atoms with Gasteiger partial charge in [0.2, 0.25) is 0 Å². The van der Waals surface area contributed by atoms with Crippen molar-refractivity contribution < 1.29 is 9.13 Å². The van der Waals surface area contributed by atoms with Crippen molar-refractivity contribution in [1.82, 2.24) is 10.2 Å². The lowest BCUT2D eigenvalue weighted by Gasteiger charge is -2.16. The van der Waals surface area contributed by atoms with E-state index in [0.29, 0.717) is 19.1 Å². The molecule has 1 heterocycles. The van der Waals surface area contributed by atoms with E-state index in [0.717, 1.165) is 24.2 Å². The topological polar surface area (TPSA) is 24.5 Å². The third-order valence-corrected chi connectivity index (χ3v) is 3.55. The zero-order valence-corrected chi connectivity index (χ0v) is 11.9. The van der Waals surface area contributed by atoms with Gasteiger partial charge in [-0.15, -0.1) is 0 Å². The van der Waals surface area contributed by atoms with Gasteiger partial charge in [0.05, 0.1) is 6.10 Å². The maximum absolute atomic E-state index is 13.9. The van der Waals surface area contributed by atoms with Gasteiger partial charge in [0.15, 0.2) is 0 Å². The van der Waals surface area contributed by atoms with Crippen molar-refractivity contribution in [1.29, 1.82) is 0 Å². The van der Waals surface area contributed by atoms with Crippen molar-refractivity contribution in [3.8, 4) is 0 Å². The van der Waals surface area contributed by atoms with E-state index in [1.807, 2.05) is 31.1 Å². The van der Waals surface area contributed by atoms with Crippen LogP contribution in [0, 0.1) is 5.82 Å². The number of halogens is 1. The minimum Gasteiger partial charge on any atom is -0.377 e. The first-order valence-corrected chi connectivity index (χ1v) is 6.83. The van der Waals surface area contributed by atoms with Gasteiger partial charge < -0.3 is 15.0 Å². The van der Waals surface area contributed by atoms with E-state index in [1.165, 1.54) is 0 Å². The molecular formula is C15H23FN2O. The lowest BCUT2D eigenvalue weighted by molar-refractivity contribution is 0.113. The molecule has 1 N–H and O–H groups in total. The van der Waals surface area contributed by atoms with E-state index in [4.69, 9.17) is 4.74 Å². The maximum atomic E-state index is 13.9. The van der Waals surface area contributed by atoms with Crippen LogP contribution in [-0.4, -0.2) is 37.7 Å². The molecule has 0 amide bonds. The summed E-state index contributed by atoms with van der Waals surface area (Å²) in [6, 6.07) is 5.88. The number of hydrogen-bond acceptors (Lipinski definition) is 3. The number of benzene rings is 1. The molecule has 1 saturated heterocycles. The Bertz CT molecular complexity index is 423. The van der Waals surface area contributed by atoms with E-state index in [2.05, 4.69) is 12.2 Å². The molecular weight excluding hydrogens is 243 g/mol. The monoisotopic (exact) mass is 266 g/mol. The van der Waals surface area contributed by atoms with Crippen molar-refractivity contribution in [3.05, 3.63) is 35.1 Å². The highest BCUT2D eigenvalue weighted by Crippen LogP contribution is 2.15. The number of nitrogens with zero attached hydrogens (tertiary/aromatic N) is 1. The average molecular weight is 266 g/mol. The molecule has 2 rings (SSSR count). The Morgan fingerprint density at radius 1 is 1.42 bits per heavy atom.